The number of benzene rings is 1. The standard InChI is InChI=1S/C24H30N4O3/c1-2-12-27-13-14-28(23(30)10-9-22(25)29)17-20(24(27)31)15-18-6-3-4-8-21(18)19-7-5-11-26-16-19/h3-8,11,16,20H,2,9-10,12-15,17H2,1H3,(H2,25,29). The van der Waals surface area contributed by atoms with E-state index in [0.717, 1.165) is 23.1 Å². The molecule has 1 atom stereocenters. The van der Waals surface area contributed by atoms with Gasteiger partial charge in [-0.2, -0.15) is 0 Å². The van der Waals surface area contributed by atoms with Crippen LogP contribution in [0.4, 0.5) is 0 Å². The average molecular weight is 423 g/mol. The van der Waals surface area contributed by atoms with E-state index in [-0.39, 0.29) is 30.6 Å². The summed E-state index contributed by atoms with van der Waals surface area (Å²) in [5.41, 5.74) is 8.30. The van der Waals surface area contributed by atoms with E-state index in [1.165, 1.54) is 0 Å². The van der Waals surface area contributed by atoms with Gasteiger partial charge in [-0.05, 0) is 30.0 Å². The fraction of sp³-hybridized carbons (Fsp3) is 0.417. The summed E-state index contributed by atoms with van der Waals surface area (Å²) in [5, 5.41) is 0. The molecule has 1 fully saturated rings. The molecule has 1 unspecified atom stereocenters. The van der Waals surface area contributed by atoms with Crippen molar-refractivity contribution in [1.82, 2.24) is 14.8 Å². The van der Waals surface area contributed by atoms with Gasteiger partial charge in [-0.3, -0.25) is 19.4 Å². The maximum atomic E-state index is 13.3. The Morgan fingerprint density at radius 1 is 1.13 bits per heavy atom. The van der Waals surface area contributed by atoms with Crippen LogP contribution in [0.5, 0.6) is 0 Å². The average Bonchev–Trinajstić information content (AvgIpc) is 2.93. The molecule has 1 aromatic carbocycles. The van der Waals surface area contributed by atoms with Crippen molar-refractivity contribution in [3.05, 3.63) is 54.4 Å². The van der Waals surface area contributed by atoms with E-state index in [0.29, 0.717) is 32.6 Å². The van der Waals surface area contributed by atoms with Crippen molar-refractivity contribution in [3.63, 3.8) is 0 Å². The van der Waals surface area contributed by atoms with Gasteiger partial charge in [0.2, 0.25) is 17.7 Å². The lowest BCUT2D eigenvalue weighted by atomic mass is 9.91. The molecule has 0 bridgehead atoms. The SMILES string of the molecule is CCCN1CCN(C(=O)CCC(N)=O)CC(Cc2ccccc2-c2cccnc2)C1=O. The molecule has 1 aliphatic heterocycles. The van der Waals surface area contributed by atoms with Crippen molar-refractivity contribution < 1.29 is 14.4 Å². The third-order valence-electron chi connectivity index (χ3n) is 5.63. The first kappa shape index (κ1) is 22.5. The maximum Gasteiger partial charge on any atom is 0.227 e. The quantitative estimate of drug-likeness (QED) is 0.706. The summed E-state index contributed by atoms with van der Waals surface area (Å²) in [6, 6.07) is 11.9. The molecule has 7 heteroatoms. The Hall–Kier alpha value is -3.22. The van der Waals surface area contributed by atoms with Crippen molar-refractivity contribution in [2.75, 3.05) is 26.2 Å². The fourth-order valence-electron chi connectivity index (χ4n) is 4.07. The third-order valence-corrected chi connectivity index (χ3v) is 5.63. The Balaban J connectivity index is 1.85. The molecule has 31 heavy (non-hydrogen) atoms. The second kappa shape index (κ2) is 10.7. The lowest BCUT2D eigenvalue weighted by Gasteiger charge is -2.24. The van der Waals surface area contributed by atoms with Gasteiger partial charge in [0.15, 0.2) is 0 Å². The van der Waals surface area contributed by atoms with Crippen LogP contribution in [0.25, 0.3) is 11.1 Å². The van der Waals surface area contributed by atoms with Gasteiger partial charge in [0, 0.05) is 57.0 Å². The van der Waals surface area contributed by atoms with Crippen LogP contribution in [0.2, 0.25) is 0 Å². The Morgan fingerprint density at radius 3 is 2.65 bits per heavy atom. The van der Waals surface area contributed by atoms with Gasteiger partial charge in [0.25, 0.3) is 0 Å². The molecule has 2 aromatic rings. The number of hydrogen-bond acceptors (Lipinski definition) is 4. The van der Waals surface area contributed by atoms with Gasteiger partial charge in [-0.25, -0.2) is 0 Å². The summed E-state index contributed by atoms with van der Waals surface area (Å²) >= 11 is 0. The van der Waals surface area contributed by atoms with Crippen LogP contribution in [0.3, 0.4) is 0 Å². The molecule has 0 aliphatic carbocycles. The van der Waals surface area contributed by atoms with Gasteiger partial charge < -0.3 is 15.5 Å². The van der Waals surface area contributed by atoms with E-state index >= 15 is 0 Å². The summed E-state index contributed by atoms with van der Waals surface area (Å²) < 4.78 is 0. The first-order valence-corrected chi connectivity index (χ1v) is 10.8. The first-order valence-electron chi connectivity index (χ1n) is 10.8. The molecule has 0 saturated carbocycles. The number of nitrogens with zero attached hydrogens (tertiary/aromatic N) is 3. The van der Waals surface area contributed by atoms with Crippen LogP contribution < -0.4 is 5.73 Å². The lowest BCUT2D eigenvalue weighted by molar-refractivity contribution is -0.135. The molecule has 1 aliphatic rings. The molecule has 7 nitrogen and oxygen atoms in total. The van der Waals surface area contributed by atoms with E-state index in [1.54, 1.807) is 11.1 Å². The minimum Gasteiger partial charge on any atom is -0.370 e. The van der Waals surface area contributed by atoms with Crippen LogP contribution in [-0.4, -0.2) is 58.7 Å². The van der Waals surface area contributed by atoms with Crippen LogP contribution in [0.15, 0.2) is 48.8 Å². The highest BCUT2D eigenvalue weighted by Gasteiger charge is 2.32. The largest absolute Gasteiger partial charge is 0.370 e. The Morgan fingerprint density at radius 2 is 1.94 bits per heavy atom. The Bertz CT molecular complexity index is 916. The molecule has 0 spiro atoms. The minimum atomic E-state index is -0.492. The van der Waals surface area contributed by atoms with Gasteiger partial charge in [0.05, 0.1) is 5.92 Å². The number of amides is 3. The molecule has 2 N–H and O–H groups in total. The monoisotopic (exact) mass is 422 g/mol. The molecule has 3 rings (SSSR count). The molecule has 1 aromatic heterocycles. The third kappa shape index (κ3) is 5.90. The normalized spacial score (nSPS) is 16.8. The summed E-state index contributed by atoms with van der Waals surface area (Å²) in [6.07, 6.45) is 5.05. The van der Waals surface area contributed by atoms with Crippen molar-refractivity contribution in [2.45, 2.75) is 32.6 Å². The van der Waals surface area contributed by atoms with Gasteiger partial charge in [-0.1, -0.05) is 37.3 Å². The van der Waals surface area contributed by atoms with Crippen LogP contribution in [-0.2, 0) is 20.8 Å². The van der Waals surface area contributed by atoms with E-state index < -0.39 is 5.91 Å². The first-order chi connectivity index (χ1) is 15.0. The highest BCUT2D eigenvalue weighted by molar-refractivity contribution is 5.85. The molecule has 0 radical (unpaired) electrons. The highest BCUT2D eigenvalue weighted by Crippen LogP contribution is 2.27. The zero-order chi connectivity index (χ0) is 22.2. The number of rotatable bonds is 8. The number of carbonyl (C=O) groups is 3. The Labute approximate surface area is 183 Å². The molecule has 1 saturated heterocycles. The predicted octanol–water partition coefficient (Wildman–Crippen LogP) is 2.25. The molecular formula is C24H30N4O3. The second-order valence-corrected chi connectivity index (χ2v) is 7.93. The number of hydrogen-bond donors (Lipinski definition) is 1. The van der Waals surface area contributed by atoms with Crippen LogP contribution in [0.1, 0.15) is 31.7 Å². The van der Waals surface area contributed by atoms with E-state index in [2.05, 4.69) is 4.98 Å². The molecule has 164 valence electrons. The molecular weight excluding hydrogens is 392 g/mol. The minimum absolute atomic E-state index is 0.0243. The number of pyridine rings is 1. The molecule has 2 heterocycles. The predicted molar refractivity (Wildman–Crippen MR) is 119 cm³/mol. The van der Waals surface area contributed by atoms with Crippen molar-refractivity contribution in [3.8, 4) is 11.1 Å². The van der Waals surface area contributed by atoms with Gasteiger partial charge in [0.1, 0.15) is 0 Å². The number of carbonyl (C=O) groups excluding carboxylic acids is 3. The number of primary amides is 1. The maximum absolute atomic E-state index is 13.3. The summed E-state index contributed by atoms with van der Waals surface area (Å²) in [6.45, 7) is 4.04. The number of aromatic nitrogens is 1. The van der Waals surface area contributed by atoms with Gasteiger partial charge in [-0.15, -0.1) is 0 Å². The zero-order valence-corrected chi connectivity index (χ0v) is 18.0. The molecule has 3 amide bonds. The smallest absolute Gasteiger partial charge is 0.227 e. The van der Waals surface area contributed by atoms with E-state index in [1.807, 2.05) is 54.4 Å². The van der Waals surface area contributed by atoms with Crippen LogP contribution in [0, 0.1) is 5.92 Å². The number of nitrogens with two attached hydrogens (primary N) is 1. The summed E-state index contributed by atoms with van der Waals surface area (Å²) in [7, 11) is 0. The van der Waals surface area contributed by atoms with Crippen molar-refractivity contribution >= 4 is 17.7 Å². The Kier molecular flexibility index (Phi) is 7.76. The van der Waals surface area contributed by atoms with Crippen molar-refractivity contribution in [2.24, 2.45) is 11.7 Å². The van der Waals surface area contributed by atoms with Gasteiger partial charge >= 0.3 is 0 Å². The van der Waals surface area contributed by atoms with Crippen molar-refractivity contribution in [1.29, 1.82) is 0 Å². The zero-order valence-electron chi connectivity index (χ0n) is 18.0. The fourth-order valence-corrected chi connectivity index (χ4v) is 4.07. The summed E-state index contributed by atoms with van der Waals surface area (Å²) in [4.78, 5) is 44.9. The van der Waals surface area contributed by atoms with Crippen LogP contribution >= 0.6 is 0 Å². The van der Waals surface area contributed by atoms with E-state index in [9.17, 15) is 14.4 Å². The highest BCUT2D eigenvalue weighted by atomic mass is 16.2. The van der Waals surface area contributed by atoms with E-state index in [4.69, 9.17) is 5.73 Å². The second-order valence-electron chi connectivity index (χ2n) is 7.93. The lowest BCUT2D eigenvalue weighted by Crippen LogP contribution is -2.38. The topological polar surface area (TPSA) is 96.6 Å². The summed E-state index contributed by atoms with van der Waals surface area (Å²) in [5.74, 6) is -0.887.